The summed E-state index contributed by atoms with van der Waals surface area (Å²) in [4.78, 5) is 14.4. The van der Waals surface area contributed by atoms with Gasteiger partial charge in [0.1, 0.15) is 11.5 Å². The van der Waals surface area contributed by atoms with Gasteiger partial charge in [-0.2, -0.15) is 0 Å². The average Bonchev–Trinajstić information content (AvgIpc) is 2.57. The molecule has 1 aromatic carbocycles. The molecule has 1 saturated heterocycles. The van der Waals surface area contributed by atoms with Gasteiger partial charge in [0, 0.05) is 31.1 Å². The molecule has 0 saturated carbocycles. The van der Waals surface area contributed by atoms with E-state index < -0.39 is 0 Å². The molecule has 0 bridgehead atoms. The fourth-order valence-electron chi connectivity index (χ4n) is 2.84. The first-order chi connectivity index (χ1) is 9.95. The van der Waals surface area contributed by atoms with Gasteiger partial charge in [-0.1, -0.05) is 13.8 Å². The van der Waals surface area contributed by atoms with Crippen LogP contribution in [-0.4, -0.2) is 31.6 Å². The summed E-state index contributed by atoms with van der Waals surface area (Å²) in [5.41, 5.74) is 1.13. The van der Waals surface area contributed by atoms with Crippen LogP contribution in [0.1, 0.15) is 38.7 Å². The number of hydrogen-bond acceptors (Lipinski definition) is 3. The van der Waals surface area contributed by atoms with Gasteiger partial charge in [0.25, 0.3) is 0 Å². The lowest BCUT2D eigenvalue weighted by Gasteiger charge is -2.24. The van der Waals surface area contributed by atoms with Crippen LogP contribution < -0.4 is 9.47 Å². The van der Waals surface area contributed by atoms with E-state index in [1.807, 2.05) is 23.1 Å². The molecule has 0 aliphatic carbocycles. The zero-order chi connectivity index (χ0) is 15.5. The van der Waals surface area contributed by atoms with Crippen LogP contribution in [0.4, 0.5) is 0 Å². The minimum atomic E-state index is 0.107. The van der Waals surface area contributed by atoms with E-state index in [-0.39, 0.29) is 11.3 Å². The Bertz CT molecular complexity index is 511. The largest absolute Gasteiger partial charge is 0.497 e. The van der Waals surface area contributed by atoms with E-state index >= 15 is 0 Å². The summed E-state index contributed by atoms with van der Waals surface area (Å²) in [5, 5.41) is 0. The van der Waals surface area contributed by atoms with E-state index in [0.29, 0.717) is 13.0 Å². The highest BCUT2D eigenvalue weighted by atomic mass is 16.5. The minimum absolute atomic E-state index is 0.107. The molecule has 4 heteroatoms. The first-order valence-electron chi connectivity index (χ1n) is 7.44. The van der Waals surface area contributed by atoms with Crippen LogP contribution >= 0.6 is 0 Å². The van der Waals surface area contributed by atoms with E-state index in [4.69, 9.17) is 9.47 Å². The summed E-state index contributed by atoms with van der Waals surface area (Å²) in [5.74, 6) is 1.76. The molecule has 0 spiro atoms. The molecule has 1 aliphatic heterocycles. The van der Waals surface area contributed by atoms with Gasteiger partial charge in [0.15, 0.2) is 0 Å². The molecule has 0 aromatic heterocycles. The van der Waals surface area contributed by atoms with Crippen molar-refractivity contribution in [1.82, 2.24) is 4.90 Å². The van der Waals surface area contributed by atoms with Crippen molar-refractivity contribution in [3.63, 3.8) is 0 Å². The third kappa shape index (κ3) is 3.90. The topological polar surface area (TPSA) is 38.8 Å². The summed E-state index contributed by atoms with van der Waals surface area (Å²) in [6, 6.07) is 5.74. The van der Waals surface area contributed by atoms with Gasteiger partial charge in [0.05, 0.1) is 14.2 Å². The molecule has 116 valence electrons. The number of likely N-dealkylation sites (tertiary alicyclic amines) is 1. The van der Waals surface area contributed by atoms with E-state index in [0.717, 1.165) is 36.4 Å². The number of carbonyl (C=O) groups excluding carboxylic acids is 1. The first-order valence-corrected chi connectivity index (χ1v) is 7.44. The van der Waals surface area contributed by atoms with Crippen molar-refractivity contribution in [2.75, 3.05) is 20.8 Å². The maximum Gasteiger partial charge on any atom is 0.223 e. The second kappa shape index (κ2) is 6.37. The molecule has 0 radical (unpaired) electrons. The second-order valence-electron chi connectivity index (χ2n) is 6.44. The van der Waals surface area contributed by atoms with E-state index in [1.165, 1.54) is 0 Å². The molecular formula is C17H25NO3. The number of amides is 1. The Kier molecular flexibility index (Phi) is 4.76. The van der Waals surface area contributed by atoms with Crippen LogP contribution in [0.3, 0.4) is 0 Å². The van der Waals surface area contributed by atoms with Gasteiger partial charge < -0.3 is 14.4 Å². The highest BCUT2D eigenvalue weighted by Gasteiger charge is 2.29. The Balaban J connectivity index is 2.15. The van der Waals surface area contributed by atoms with Crippen molar-refractivity contribution in [3.8, 4) is 11.5 Å². The molecule has 0 N–H and O–H groups in total. The Morgan fingerprint density at radius 2 is 2.00 bits per heavy atom. The van der Waals surface area contributed by atoms with Gasteiger partial charge in [0.2, 0.25) is 5.91 Å². The maximum absolute atomic E-state index is 12.4. The number of methoxy groups -OCH3 is 2. The number of benzene rings is 1. The standard InChI is InChI=1S/C17H25NO3/c1-17(2)8-5-9-18(16(19)11-17)12-13-6-7-14(20-3)10-15(13)21-4/h6-7,10H,5,8-9,11-12H2,1-4H3. The monoisotopic (exact) mass is 291 g/mol. The fraction of sp³-hybridized carbons (Fsp3) is 0.588. The lowest BCUT2D eigenvalue weighted by atomic mass is 9.85. The molecule has 0 unspecified atom stereocenters. The van der Waals surface area contributed by atoms with Gasteiger partial charge >= 0.3 is 0 Å². The van der Waals surface area contributed by atoms with Crippen LogP contribution in [0.5, 0.6) is 11.5 Å². The smallest absolute Gasteiger partial charge is 0.223 e. The van der Waals surface area contributed by atoms with Crippen molar-refractivity contribution < 1.29 is 14.3 Å². The normalized spacial score (nSPS) is 18.3. The van der Waals surface area contributed by atoms with Gasteiger partial charge in [-0.15, -0.1) is 0 Å². The Morgan fingerprint density at radius 1 is 1.24 bits per heavy atom. The number of nitrogens with zero attached hydrogens (tertiary/aromatic N) is 1. The third-order valence-corrected chi connectivity index (χ3v) is 4.12. The van der Waals surface area contributed by atoms with Gasteiger partial charge in [-0.3, -0.25) is 4.79 Å². The summed E-state index contributed by atoms with van der Waals surface area (Å²) < 4.78 is 10.6. The summed E-state index contributed by atoms with van der Waals surface area (Å²) in [7, 11) is 3.28. The molecule has 21 heavy (non-hydrogen) atoms. The second-order valence-corrected chi connectivity index (χ2v) is 6.44. The molecular weight excluding hydrogens is 266 g/mol. The predicted octanol–water partition coefficient (Wildman–Crippen LogP) is 3.24. The molecule has 4 nitrogen and oxygen atoms in total. The highest BCUT2D eigenvalue weighted by Crippen LogP contribution is 2.32. The zero-order valence-corrected chi connectivity index (χ0v) is 13.4. The average molecular weight is 291 g/mol. The number of carbonyl (C=O) groups is 1. The number of rotatable bonds is 4. The molecule has 1 heterocycles. The van der Waals surface area contributed by atoms with E-state index in [9.17, 15) is 4.79 Å². The molecule has 2 rings (SSSR count). The van der Waals surface area contributed by atoms with Gasteiger partial charge in [-0.25, -0.2) is 0 Å². The first kappa shape index (κ1) is 15.7. The van der Waals surface area contributed by atoms with Crippen LogP contribution in [0.25, 0.3) is 0 Å². The quantitative estimate of drug-likeness (QED) is 0.855. The molecule has 1 fully saturated rings. The van der Waals surface area contributed by atoms with Crippen LogP contribution in [0, 0.1) is 5.41 Å². The fourth-order valence-corrected chi connectivity index (χ4v) is 2.84. The van der Waals surface area contributed by atoms with Crippen molar-refractivity contribution in [2.45, 2.75) is 39.7 Å². The van der Waals surface area contributed by atoms with Crippen LogP contribution in [0.15, 0.2) is 18.2 Å². The lowest BCUT2D eigenvalue weighted by molar-refractivity contribution is -0.132. The van der Waals surface area contributed by atoms with Crippen LogP contribution in [0.2, 0.25) is 0 Å². The van der Waals surface area contributed by atoms with Gasteiger partial charge in [-0.05, 0) is 30.4 Å². The zero-order valence-electron chi connectivity index (χ0n) is 13.4. The summed E-state index contributed by atoms with van der Waals surface area (Å²) in [6.07, 6.45) is 2.76. The third-order valence-electron chi connectivity index (χ3n) is 4.12. The number of hydrogen-bond donors (Lipinski definition) is 0. The predicted molar refractivity (Wildman–Crippen MR) is 82.6 cm³/mol. The molecule has 0 atom stereocenters. The van der Waals surface area contributed by atoms with Crippen molar-refractivity contribution in [1.29, 1.82) is 0 Å². The molecule has 1 aliphatic rings. The summed E-state index contributed by atoms with van der Waals surface area (Å²) in [6.45, 7) is 5.75. The molecule has 1 amide bonds. The maximum atomic E-state index is 12.4. The highest BCUT2D eigenvalue weighted by molar-refractivity contribution is 5.77. The Hall–Kier alpha value is -1.71. The van der Waals surface area contributed by atoms with E-state index in [2.05, 4.69) is 13.8 Å². The summed E-state index contributed by atoms with van der Waals surface area (Å²) >= 11 is 0. The van der Waals surface area contributed by atoms with Crippen molar-refractivity contribution in [3.05, 3.63) is 23.8 Å². The van der Waals surface area contributed by atoms with Crippen molar-refractivity contribution in [2.24, 2.45) is 5.41 Å². The lowest BCUT2D eigenvalue weighted by Crippen LogP contribution is -2.31. The molecule has 1 aromatic rings. The number of ether oxygens (including phenoxy) is 2. The SMILES string of the molecule is COc1ccc(CN2CCCC(C)(C)CC2=O)c(OC)c1. The minimum Gasteiger partial charge on any atom is -0.497 e. The van der Waals surface area contributed by atoms with Crippen molar-refractivity contribution >= 4 is 5.91 Å². The van der Waals surface area contributed by atoms with Crippen LogP contribution in [-0.2, 0) is 11.3 Å². The Morgan fingerprint density at radius 3 is 2.67 bits per heavy atom. The van der Waals surface area contributed by atoms with E-state index in [1.54, 1.807) is 14.2 Å². The Labute approximate surface area is 127 Å².